The summed E-state index contributed by atoms with van der Waals surface area (Å²) < 4.78 is 5.52. The number of ether oxygens (including phenoxy) is 1. The smallest absolute Gasteiger partial charge is 0.155 e. The van der Waals surface area contributed by atoms with Crippen LogP contribution in [-0.4, -0.2) is 29.0 Å². The summed E-state index contributed by atoms with van der Waals surface area (Å²) in [5, 5.41) is 11.9. The molecule has 4 nitrogen and oxygen atoms in total. The SMILES string of the molecule is CCOC1CC(Nc2nnc(Cl)c(C)c2C)C1. The van der Waals surface area contributed by atoms with Crippen molar-refractivity contribution < 1.29 is 4.74 Å². The van der Waals surface area contributed by atoms with Crippen LogP contribution in [0.1, 0.15) is 30.9 Å². The van der Waals surface area contributed by atoms with E-state index in [1.165, 1.54) is 0 Å². The number of hydrogen-bond donors (Lipinski definition) is 1. The quantitative estimate of drug-likeness (QED) is 0.899. The minimum Gasteiger partial charge on any atom is -0.378 e. The molecule has 0 saturated heterocycles. The van der Waals surface area contributed by atoms with Gasteiger partial charge in [-0.1, -0.05) is 11.6 Å². The molecule has 2 rings (SSSR count). The lowest BCUT2D eigenvalue weighted by Crippen LogP contribution is -2.41. The molecule has 1 aliphatic carbocycles. The average Bonchev–Trinajstić information content (AvgIpc) is 2.26. The van der Waals surface area contributed by atoms with Gasteiger partial charge in [0.25, 0.3) is 0 Å². The summed E-state index contributed by atoms with van der Waals surface area (Å²) in [6.45, 7) is 6.79. The third-order valence-corrected chi connectivity index (χ3v) is 3.66. The maximum absolute atomic E-state index is 5.91. The van der Waals surface area contributed by atoms with Gasteiger partial charge in [0.1, 0.15) is 0 Å². The van der Waals surface area contributed by atoms with Crippen LogP contribution in [0.4, 0.5) is 5.82 Å². The lowest BCUT2D eigenvalue weighted by Gasteiger charge is -2.35. The summed E-state index contributed by atoms with van der Waals surface area (Å²) in [6.07, 6.45) is 2.48. The molecule has 1 aromatic rings. The van der Waals surface area contributed by atoms with Crippen molar-refractivity contribution in [3.8, 4) is 0 Å². The van der Waals surface area contributed by atoms with Gasteiger partial charge in [0.15, 0.2) is 11.0 Å². The van der Waals surface area contributed by atoms with E-state index in [2.05, 4.69) is 15.5 Å². The van der Waals surface area contributed by atoms with Crippen LogP contribution >= 0.6 is 11.6 Å². The average molecular weight is 256 g/mol. The molecule has 1 saturated carbocycles. The second kappa shape index (κ2) is 5.19. The van der Waals surface area contributed by atoms with Gasteiger partial charge in [0.05, 0.1) is 6.10 Å². The van der Waals surface area contributed by atoms with Gasteiger partial charge in [-0.25, -0.2) is 0 Å². The second-order valence-corrected chi connectivity index (χ2v) is 4.84. The van der Waals surface area contributed by atoms with Crippen LogP contribution in [0.5, 0.6) is 0 Å². The minimum atomic E-state index is 0.402. The van der Waals surface area contributed by atoms with E-state index < -0.39 is 0 Å². The van der Waals surface area contributed by atoms with E-state index in [9.17, 15) is 0 Å². The molecule has 0 aromatic carbocycles. The Morgan fingerprint density at radius 3 is 2.65 bits per heavy atom. The summed E-state index contributed by atoms with van der Waals surface area (Å²) in [4.78, 5) is 0. The fraction of sp³-hybridized carbons (Fsp3) is 0.667. The highest BCUT2D eigenvalue weighted by atomic mass is 35.5. The van der Waals surface area contributed by atoms with Crippen molar-refractivity contribution in [1.29, 1.82) is 0 Å². The first-order chi connectivity index (χ1) is 8.11. The van der Waals surface area contributed by atoms with E-state index in [0.29, 0.717) is 17.3 Å². The van der Waals surface area contributed by atoms with E-state index in [4.69, 9.17) is 16.3 Å². The van der Waals surface area contributed by atoms with Crippen molar-refractivity contribution >= 4 is 17.4 Å². The second-order valence-electron chi connectivity index (χ2n) is 4.48. The van der Waals surface area contributed by atoms with E-state index in [0.717, 1.165) is 36.4 Å². The highest BCUT2D eigenvalue weighted by Crippen LogP contribution is 2.28. The van der Waals surface area contributed by atoms with Gasteiger partial charge in [-0.05, 0) is 44.7 Å². The Kier molecular flexibility index (Phi) is 3.84. The largest absolute Gasteiger partial charge is 0.378 e. The molecule has 1 aliphatic rings. The summed E-state index contributed by atoms with van der Waals surface area (Å²) >= 11 is 5.91. The van der Waals surface area contributed by atoms with Crippen LogP contribution in [0.2, 0.25) is 5.15 Å². The Balaban J connectivity index is 1.95. The van der Waals surface area contributed by atoms with E-state index in [-0.39, 0.29) is 0 Å². The molecule has 0 unspecified atom stereocenters. The summed E-state index contributed by atoms with van der Waals surface area (Å²) in [6, 6.07) is 0.445. The van der Waals surface area contributed by atoms with Gasteiger partial charge >= 0.3 is 0 Å². The van der Waals surface area contributed by atoms with Crippen LogP contribution in [0.15, 0.2) is 0 Å². The first kappa shape index (κ1) is 12.6. The highest BCUT2D eigenvalue weighted by Gasteiger charge is 2.30. The number of hydrogen-bond acceptors (Lipinski definition) is 4. The van der Waals surface area contributed by atoms with E-state index in [1.54, 1.807) is 0 Å². The predicted octanol–water partition coefficient (Wildman–Crippen LogP) is 2.73. The summed E-state index contributed by atoms with van der Waals surface area (Å²) in [5.74, 6) is 0.840. The van der Waals surface area contributed by atoms with Crippen molar-refractivity contribution in [1.82, 2.24) is 10.2 Å². The summed E-state index contributed by atoms with van der Waals surface area (Å²) in [5.41, 5.74) is 2.06. The molecule has 0 atom stereocenters. The molecule has 1 aromatic heterocycles. The molecule has 1 fully saturated rings. The zero-order valence-electron chi connectivity index (χ0n) is 10.5. The molecule has 0 aliphatic heterocycles. The van der Waals surface area contributed by atoms with Gasteiger partial charge in [-0.3, -0.25) is 0 Å². The first-order valence-corrected chi connectivity index (χ1v) is 6.37. The molecular weight excluding hydrogens is 238 g/mol. The van der Waals surface area contributed by atoms with Gasteiger partial charge in [0.2, 0.25) is 0 Å². The fourth-order valence-corrected chi connectivity index (χ4v) is 2.14. The van der Waals surface area contributed by atoms with Crippen LogP contribution < -0.4 is 5.32 Å². The Morgan fingerprint density at radius 2 is 2.00 bits per heavy atom. The molecule has 1 N–H and O–H groups in total. The number of nitrogens with zero attached hydrogens (tertiary/aromatic N) is 2. The maximum Gasteiger partial charge on any atom is 0.155 e. The molecule has 0 radical (unpaired) electrons. The van der Waals surface area contributed by atoms with E-state index >= 15 is 0 Å². The molecule has 1 heterocycles. The van der Waals surface area contributed by atoms with Gasteiger partial charge in [-0.2, -0.15) is 0 Å². The van der Waals surface area contributed by atoms with Crippen molar-refractivity contribution in [2.45, 2.75) is 45.8 Å². The van der Waals surface area contributed by atoms with Crippen LogP contribution in [0.25, 0.3) is 0 Å². The monoisotopic (exact) mass is 255 g/mol. The number of nitrogens with one attached hydrogen (secondary N) is 1. The Bertz CT molecular complexity index is 405. The maximum atomic E-state index is 5.91. The first-order valence-electron chi connectivity index (χ1n) is 5.99. The lowest BCUT2D eigenvalue weighted by molar-refractivity contribution is 0.00290. The standard InChI is InChI=1S/C12H18ClN3O/c1-4-17-10-5-9(6-10)14-12-8(3)7(2)11(13)15-16-12/h9-10H,4-6H2,1-3H3,(H,14,16). The van der Waals surface area contributed by atoms with Crippen molar-refractivity contribution in [3.05, 3.63) is 16.3 Å². The highest BCUT2D eigenvalue weighted by molar-refractivity contribution is 6.30. The van der Waals surface area contributed by atoms with Crippen LogP contribution in [0.3, 0.4) is 0 Å². The number of aromatic nitrogens is 2. The third kappa shape index (κ3) is 2.69. The number of anilines is 1. The molecule has 0 amide bonds. The van der Waals surface area contributed by atoms with Gasteiger partial charge < -0.3 is 10.1 Å². The Morgan fingerprint density at radius 1 is 1.29 bits per heavy atom. The van der Waals surface area contributed by atoms with Gasteiger partial charge in [-0.15, -0.1) is 10.2 Å². The third-order valence-electron chi connectivity index (χ3n) is 3.30. The predicted molar refractivity (Wildman–Crippen MR) is 68.6 cm³/mol. The van der Waals surface area contributed by atoms with E-state index in [1.807, 2.05) is 20.8 Å². The van der Waals surface area contributed by atoms with Crippen molar-refractivity contribution in [2.75, 3.05) is 11.9 Å². The lowest BCUT2D eigenvalue weighted by atomic mass is 9.89. The Hall–Kier alpha value is -0.870. The van der Waals surface area contributed by atoms with Crippen LogP contribution in [0, 0.1) is 13.8 Å². The zero-order chi connectivity index (χ0) is 12.4. The molecule has 5 heteroatoms. The van der Waals surface area contributed by atoms with Crippen molar-refractivity contribution in [3.63, 3.8) is 0 Å². The number of halogens is 1. The molecule has 0 bridgehead atoms. The molecular formula is C12H18ClN3O. The number of rotatable bonds is 4. The fourth-order valence-electron chi connectivity index (χ4n) is 1.96. The van der Waals surface area contributed by atoms with Crippen molar-refractivity contribution in [2.24, 2.45) is 0 Å². The molecule has 94 valence electrons. The zero-order valence-corrected chi connectivity index (χ0v) is 11.2. The minimum absolute atomic E-state index is 0.402. The molecule has 0 spiro atoms. The Labute approximate surface area is 107 Å². The van der Waals surface area contributed by atoms with Crippen LogP contribution in [-0.2, 0) is 4.74 Å². The topological polar surface area (TPSA) is 47.0 Å². The molecule has 17 heavy (non-hydrogen) atoms. The summed E-state index contributed by atoms with van der Waals surface area (Å²) in [7, 11) is 0. The van der Waals surface area contributed by atoms with Gasteiger partial charge in [0, 0.05) is 12.6 Å². The normalized spacial score (nSPS) is 23.3.